The molecule has 0 unspecified atom stereocenters. The second kappa shape index (κ2) is 9.90. The van der Waals surface area contributed by atoms with Crippen molar-refractivity contribution < 1.29 is 14.4 Å². The molecule has 31 heavy (non-hydrogen) atoms. The molecule has 0 radical (unpaired) electrons. The summed E-state index contributed by atoms with van der Waals surface area (Å²) in [6, 6.07) is 14.6. The van der Waals surface area contributed by atoms with Gasteiger partial charge in [0.05, 0.1) is 22.3 Å². The first-order chi connectivity index (χ1) is 14.9. The molecule has 1 N–H and O–H groups in total. The van der Waals surface area contributed by atoms with Gasteiger partial charge in [-0.3, -0.25) is 0 Å². The Kier molecular flexibility index (Phi) is 7.22. The Balaban J connectivity index is 1.21. The van der Waals surface area contributed by atoms with Crippen LogP contribution in [-0.2, 0) is 16.9 Å². The Morgan fingerprint density at radius 1 is 1.00 bits per heavy atom. The smallest absolute Gasteiger partial charge is 0.163 e. The number of aromatic nitrogens is 1. The standard InChI is InChI=1S/C23H23Cl3N2O3/c24-18-4-2-17(3-5-18)23(29)7-9-28(10-8-23)11-12-30-15-19-14-22(27-31-19)16-1-6-20(25)21(26)13-16/h1-6,13-14,29H,7-12,15H2. The SMILES string of the molecule is OC1(c2ccc(Cl)cc2)CCN(CCOCc2cc(-c3ccc(Cl)c(Cl)c3)no2)CC1. The van der Waals surface area contributed by atoms with Gasteiger partial charge in [-0.25, -0.2) is 0 Å². The highest BCUT2D eigenvalue weighted by atomic mass is 35.5. The molecule has 0 saturated carbocycles. The number of benzene rings is 2. The van der Waals surface area contributed by atoms with Gasteiger partial charge in [-0.15, -0.1) is 0 Å². The first-order valence-electron chi connectivity index (χ1n) is 10.1. The lowest BCUT2D eigenvalue weighted by Gasteiger charge is -2.38. The number of rotatable bonds is 7. The van der Waals surface area contributed by atoms with E-state index in [1.54, 1.807) is 12.1 Å². The predicted molar refractivity (Wildman–Crippen MR) is 123 cm³/mol. The van der Waals surface area contributed by atoms with Gasteiger partial charge in [-0.05, 0) is 42.7 Å². The van der Waals surface area contributed by atoms with Crippen LogP contribution in [0.4, 0.5) is 0 Å². The topological polar surface area (TPSA) is 58.7 Å². The largest absolute Gasteiger partial charge is 0.385 e. The molecule has 164 valence electrons. The van der Waals surface area contributed by atoms with Crippen molar-refractivity contribution in [1.82, 2.24) is 10.1 Å². The molecule has 1 aliphatic heterocycles. The summed E-state index contributed by atoms with van der Waals surface area (Å²) in [6.07, 6.45) is 1.37. The molecule has 0 atom stereocenters. The van der Waals surface area contributed by atoms with Crippen LogP contribution in [0.2, 0.25) is 15.1 Å². The van der Waals surface area contributed by atoms with Crippen LogP contribution in [0.5, 0.6) is 0 Å². The van der Waals surface area contributed by atoms with Gasteiger partial charge in [0.25, 0.3) is 0 Å². The summed E-state index contributed by atoms with van der Waals surface area (Å²) in [5.74, 6) is 0.650. The van der Waals surface area contributed by atoms with Gasteiger partial charge in [0.2, 0.25) is 0 Å². The summed E-state index contributed by atoms with van der Waals surface area (Å²) in [4.78, 5) is 2.30. The number of likely N-dealkylation sites (tertiary alicyclic amines) is 1. The molecule has 3 aromatic rings. The second-order valence-corrected chi connectivity index (χ2v) is 8.99. The molecule has 2 heterocycles. The van der Waals surface area contributed by atoms with E-state index in [0.29, 0.717) is 52.6 Å². The van der Waals surface area contributed by atoms with Crippen molar-refractivity contribution >= 4 is 34.8 Å². The van der Waals surface area contributed by atoms with Gasteiger partial charge in [0.1, 0.15) is 12.3 Å². The average Bonchev–Trinajstić information content (AvgIpc) is 3.24. The Labute approximate surface area is 196 Å². The minimum Gasteiger partial charge on any atom is -0.385 e. The Bertz CT molecular complexity index is 1020. The van der Waals surface area contributed by atoms with Crippen molar-refractivity contribution in [3.63, 3.8) is 0 Å². The van der Waals surface area contributed by atoms with Crippen LogP contribution in [-0.4, -0.2) is 41.4 Å². The van der Waals surface area contributed by atoms with Crippen LogP contribution >= 0.6 is 34.8 Å². The lowest BCUT2D eigenvalue weighted by atomic mass is 9.84. The molecule has 8 heteroatoms. The van der Waals surface area contributed by atoms with E-state index in [9.17, 15) is 5.11 Å². The van der Waals surface area contributed by atoms with Gasteiger partial charge in [-0.1, -0.05) is 58.2 Å². The predicted octanol–water partition coefficient (Wildman–Crippen LogP) is 5.80. The summed E-state index contributed by atoms with van der Waals surface area (Å²) < 4.78 is 11.1. The highest BCUT2D eigenvalue weighted by molar-refractivity contribution is 6.42. The summed E-state index contributed by atoms with van der Waals surface area (Å²) in [5.41, 5.74) is 1.67. The molecular weight excluding hydrogens is 459 g/mol. The van der Waals surface area contributed by atoms with Crippen molar-refractivity contribution in [3.05, 3.63) is 74.9 Å². The highest BCUT2D eigenvalue weighted by Gasteiger charge is 2.33. The third-order valence-corrected chi connectivity index (χ3v) is 6.63. The quantitative estimate of drug-likeness (QED) is 0.432. The molecule has 1 aliphatic rings. The molecule has 0 bridgehead atoms. The second-order valence-electron chi connectivity index (χ2n) is 7.74. The normalized spacial score (nSPS) is 16.5. The molecule has 1 fully saturated rings. The molecule has 0 spiro atoms. The molecule has 2 aromatic carbocycles. The van der Waals surface area contributed by atoms with Crippen LogP contribution in [0.1, 0.15) is 24.2 Å². The fourth-order valence-electron chi connectivity index (χ4n) is 3.73. The Hall–Kier alpha value is -1.60. The first kappa shape index (κ1) is 22.6. The van der Waals surface area contributed by atoms with Gasteiger partial charge in [0.15, 0.2) is 5.76 Å². The number of piperidine rings is 1. The van der Waals surface area contributed by atoms with Gasteiger partial charge < -0.3 is 19.3 Å². The Morgan fingerprint density at radius 2 is 1.74 bits per heavy atom. The maximum Gasteiger partial charge on any atom is 0.163 e. The molecule has 1 aromatic heterocycles. The lowest BCUT2D eigenvalue weighted by Crippen LogP contribution is -2.43. The fourth-order valence-corrected chi connectivity index (χ4v) is 4.16. The molecule has 0 amide bonds. The molecule has 4 rings (SSSR count). The van der Waals surface area contributed by atoms with Crippen molar-refractivity contribution in [2.75, 3.05) is 26.2 Å². The number of nitrogens with zero attached hydrogens (tertiary/aromatic N) is 2. The fraction of sp³-hybridized carbons (Fsp3) is 0.348. The summed E-state index contributed by atoms with van der Waals surface area (Å²) in [5, 5.41) is 16.7. The van der Waals surface area contributed by atoms with Crippen molar-refractivity contribution in [1.29, 1.82) is 0 Å². The average molecular weight is 482 g/mol. The highest BCUT2D eigenvalue weighted by Crippen LogP contribution is 2.33. The zero-order valence-corrected chi connectivity index (χ0v) is 19.1. The van der Waals surface area contributed by atoms with Crippen LogP contribution in [0.3, 0.4) is 0 Å². The van der Waals surface area contributed by atoms with Crippen molar-refractivity contribution in [2.45, 2.75) is 25.0 Å². The van der Waals surface area contributed by atoms with E-state index in [1.807, 2.05) is 36.4 Å². The van der Waals surface area contributed by atoms with E-state index in [1.165, 1.54) is 0 Å². The number of hydrogen-bond acceptors (Lipinski definition) is 5. The zero-order valence-electron chi connectivity index (χ0n) is 16.9. The first-order valence-corrected chi connectivity index (χ1v) is 11.3. The van der Waals surface area contributed by atoms with Gasteiger partial charge >= 0.3 is 0 Å². The number of aliphatic hydroxyl groups is 1. The van der Waals surface area contributed by atoms with E-state index in [-0.39, 0.29) is 0 Å². The van der Waals surface area contributed by atoms with Crippen molar-refractivity contribution in [2.24, 2.45) is 0 Å². The molecule has 5 nitrogen and oxygen atoms in total. The minimum absolute atomic E-state index is 0.344. The van der Waals surface area contributed by atoms with E-state index in [4.69, 9.17) is 44.1 Å². The molecule has 1 saturated heterocycles. The van der Waals surface area contributed by atoms with Gasteiger partial charge in [0, 0.05) is 36.3 Å². The van der Waals surface area contributed by atoms with Crippen LogP contribution in [0.25, 0.3) is 11.3 Å². The monoisotopic (exact) mass is 480 g/mol. The minimum atomic E-state index is -0.789. The zero-order chi connectivity index (χ0) is 21.8. The third kappa shape index (κ3) is 5.61. The molecule has 0 aliphatic carbocycles. The van der Waals surface area contributed by atoms with Crippen LogP contribution in [0.15, 0.2) is 53.1 Å². The number of hydrogen-bond donors (Lipinski definition) is 1. The summed E-state index contributed by atoms with van der Waals surface area (Å²) >= 11 is 18.0. The van der Waals surface area contributed by atoms with Crippen LogP contribution < -0.4 is 0 Å². The summed E-state index contributed by atoms with van der Waals surface area (Å²) in [6.45, 7) is 3.34. The van der Waals surface area contributed by atoms with E-state index >= 15 is 0 Å². The van der Waals surface area contributed by atoms with Crippen LogP contribution in [0, 0.1) is 0 Å². The number of halogens is 3. The maximum absolute atomic E-state index is 11.0. The van der Waals surface area contributed by atoms with E-state index in [2.05, 4.69) is 10.1 Å². The van der Waals surface area contributed by atoms with E-state index < -0.39 is 5.60 Å². The van der Waals surface area contributed by atoms with E-state index in [0.717, 1.165) is 30.8 Å². The number of ether oxygens (including phenoxy) is 1. The van der Waals surface area contributed by atoms with Gasteiger partial charge in [-0.2, -0.15) is 0 Å². The molecular formula is C23H23Cl3N2O3. The summed E-state index contributed by atoms with van der Waals surface area (Å²) in [7, 11) is 0. The lowest BCUT2D eigenvalue weighted by molar-refractivity contribution is -0.0323. The maximum atomic E-state index is 11.0. The Morgan fingerprint density at radius 3 is 2.45 bits per heavy atom. The van der Waals surface area contributed by atoms with Crippen molar-refractivity contribution in [3.8, 4) is 11.3 Å². The third-order valence-electron chi connectivity index (χ3n) is 5.64.